The number of ether oxygens (including phenoxy) is 3. The predicted molar refractivity (Wildman–Crippen MR) is 119 cm³/mol. The third-order valence-corrected chi connectivity index (χ3v) is 8.37. The Balaban J connectivity index is 1.33. The van der Waals surface area contributed by atoms with Crippen molar-refractivity contribution in [2.45, 2.75) is 76.8 Å². The first kappa shape index (κ1) is 24.2. The Morgan fingerprint density at radius 1 is 1.12 bits per heavy atom. The normalized spacial score (nSPS) is 39.7. The highest BCUT2D eigenvalue weighted by Crippen LogP contribution is 2.66. The lowest BCUT2D eigenvalue weighted by atomic mass is 9.70. The first-order chi connectivity index (χ1) is 15.6. The molecular formula is C25H34O8. The van der Waals surface area contributed by atoms with Gasteiger partial charge in [0, 0.05) is 11.5 Å². The van der Waals surface area contributed by atoms with Gasteiger partial charge in [-0.05, 0) is 54.4 Å². The maximum Gasteiger partial charge on any atom is 0.331 e. The zero-order valence-corrected chi connectivity index (χ0v) is 19.3. The van der Waals surface area contributed by atoms with Gasteiger partial charge in [0.2, 0.25) is 6.29 Å². The second-order valence-electron chi connectivity index (χ2n) is 10.3. The zero-order valence-electron chi connectivity index (χ0n) is 19.3. The molecule has 182 valence electrons. The minimum absolute atomic E-state index is 0.0184. The van der Waals surface area contributed by atoms with Gasteiger partial charge in [-0.25, -0.2) is 4.79 Å². The molecule has 8 atom stereocenters. The van der Waals surface area contributed by atoms with E-state index in [1.807, 2.05) is 0 Å². The molecule has 4 N–H and O–H groups in total. The third-order valence-electron chi connectivity index (χ3n) is 8.37. The maximum atomic E-state index is 12.4. The van der Waals surface area contributed by atoms with Crippen LogP contribution in [0.4, 0.5) is 0 Å². The number of hydrogen-bond donors (Lipinski definition) is 4. The van der Waals surface area contributed by atoms with E-state index in [0.29, 0.717) is 11.7 Å². The number of benzene rings is 1. The number of carbonyl (C=O) groups excluding carboxylic acids is 1. The summed E-state index contributed by atoms with van der Waals surface area (Å²) < 4.78 is 16.7. The first-order valence-electron chi connectivity index (χ1n) is 11.5. The van der Waals surface area contributed by atoms with E-state index in [1.54, 1.807) is 30.3 Å². The van der Waals surface area contributed by atoms with Crippen LogP contribution in [0.5, 0.6) is 5.75 Å². The van der Waals surface area contributed by atoms with E-state index in [1.165, 1.54) is 12.5 Å². The molecule has 8 heteroatoms. The van der Waals surface area contributed by atoms with Crippen LogP contribution in [0.15, 0.2) is 30.3 Å². The monoisotopic (exact) mass is 462 g/mol. The van der Waals surface area contributed by atoms with Crippen LogP contribution in [0.25, 0.3) is 6.08 Å². The van der Waals surface area contributed by atoms with Gasteiger partial charge in [-0.3, -0.25) is 0 Å². The van der Waals surface area contributed by atoms with Crippen molar-refractivity contribution in [3.63, 3.8) is 0 Å². The highest BCUT2D eigenvalue weighted by molar-refractivity contribution is 5.87. The average Bonchev–Trinajstić information content (AvgIpc) is 3.12. The van der Waals surface area contributed by atoms with E-state index in [0.717, 1.165) is 18.4 Å². The topological polar surface area (TPSA) is 126 Å². The highest BCUT2D eigenvalue weighted by Gasteiger charge is 2.62. The van der Waals surface area contributed by atoms with Gasteiger partial charge in [0.25, 0.3) is 0 Å². The van der Waals surface area contributed by atoms with Crippen LogP contribution >= 0.6 is 0 Å². The van der Waals surface area contributed by atoms with E-state index in [9.17, 15) is 25.2 Å². The van der Waals surface area contributed by atoms with Gasteiger partial charge in [0.1, 0.15) is 36.3 Å². The minimum Gasteiger partial charge on any atom is -0.462 e. The Bertz CT molecular complexity index is 879. The van der Waals surface area contributed by atoms with E-state index in [-0.39, 0.29) is 22.9 Å². The molecule has 33 heavy (non-hydrogen) atoms. The molecule has 1 aromatic rings. The standard InChI is InChI=1S/C25H34O8/c1-24(2)15-10-11-25(24,3)18(12-15)33-19(27)9-6-14-4-7-16(8-5-14)31-23-22(30)21(29)20(28)17(13-26)32-23/h4-9,15,17-18,20-23,26,28-30H,10-13H2,1-3H3/b9-6+/t15-,17-,18+,20-,21+,22-,23?,25+/m1/s1. The lowest BCUT2D eigenvalue weighted by Gasteiger charge is -2.39. The van der Waals surface area contributed by atoms with Crippen molar-refractivity contribution >= 4 is 12.0 Å². The van der Waals surface area contributed by atoms with E-state index < -0.39 is 37.3 Å². The average molecular weight is 463 g/mol. The SMILES string of the molecule is CC1(C)[C@@H]2CC[C@@]1(C)[C@@H](OC(=O)/C=C/c1ccc(OC3O[C@H](CO)[C@@H](O)[C@H](O)[C@H]3O)cc1)C2. The number of hydrogen-bond acceptors (Lipinski definition) is 8. The second-order valence-corrected chi connectivity index (χ2v) is 10.3. The first-order valence-corrected chi connectivity index (χ1v) is 11.5. The van der Waals surface area contributed by atoms with Crippen molar-refractivity contribution in [1.29, 1.82) is 0 Å². The van der Waals surface area contributed by atoms with E-state index in [4.69, 9.17) is 14.2 Å². The van der Waals surface area contributed by atoms with Gasteiger partial charge in [0.15, 0.2) is 0 Å². The summed E-state index contributed by atoms with van der Waals surface area (Å²) in [5.41, 5.74) is 0.954. The van der Waals surface area contributed by atoms with Crippen LogP contribution in [0, 0.1) is 16.7 Å². The number of fused-ring (bicyclic) bond motifs is 2. The summed E-state index contributed by atoms with van der Waals surface area (Å²) >= 11 is 0. The molecule has 0 aromatic heterocycles. The van der Waals surface area contributed by atoms with Gasteiger partial charge < -0.3 is 34.6 Å². The summed E-state index contributed by atoms with van der Waals surface area (Å²) in [6.07, 6.45) is -0.458. The summed E-state index contributed by atoms with van der Waals surface area (Å²) in [6.45, 7) is 6.27. The van der Waals surface area contributed by atoms with Gasteiger partial charge in [-0.15, -0.1) is 0 Å². The molecule has 4 rings (SSSR count). The fourth-order valence-electron chi connectivity index (χ4n) is 5.61. The molecule has 0 amide bonds. The predicted octanol–water partition coefficient (Wildman–Crippen LogP) is 1.64. The summed E-state index contributed by atoms with van der Waals surface area (Å²) in [7, 11) is 0. The minimum atomic E-state index is -1.50. The van der Waals surface area contributed by atoms with Crippen LogP contribution in [0.2, 0.25) is 0 Å². The Kier molecular flexibility index (Phi) is 6.59. The summed E-state index contributed by atoms with van der Waals surface area (Å²) in [4.78, 5) is 12.4. The number of aliphatic hydroxyl groups is 4. The number of carbonyl (C=O) groups is 1. The van der Waals surface area contributed by atoms with Crippen molar-refractivity contribution in [2.75, 3.05) is 6.61 Å². The number of rotatable bonds is 6. The number of esters is 1. The smallest absolute Gasteiger partial charge is 0.331 e. The molecule has 2 bridgehead atoms. The zero-order chi connectivity index (χ0) is 24.0. The third kappa shape index (κ3) is 4.31. The summed E-state index contributed by atoms with van der Waals surface area (Å²) in [6, 6.07) is 6.72. The molecule has 1 heterocycles. The molecular weight excluding hydrogens is 428 g/mol. The molecule has 0 spiro atoms. The summed E-state index contributed by atoms with van der Waals surface area (Å²) in [5.74, 6) is 0.600. The van der Waals surface area contributed by atoms with Crippen molar-refractivity contribution in [1.82, 2.24) is 0 Å². The van der Waals surface area contributed by atoms with Gasteiger partial charge >= 0.3 is 5.97 Å². The lowest BCUT2D eigenvalue weighted by Crippen LogP contribution is -2.60. The van der Waals surface area contributed by atoms with Crippen molar-refractivity contribution in [3.8, 4) is 5.75 Å². The maximum absolute atomic E-state index is 12.4. The largest absolute Gasteiger partial charge is 0.462 e. The quantitative estimate of drug-likeness (QED) is 0.371. The second kappa shape index (κ2) is 9.00. The Hall–Kier alpha value is -1.97. The summed E-state index contributed by atoms with van der Waals surface area (Å²) in [5, 5.41) is 39.1. The molecule has 1 aromatic carbocycles. The Labute approximate surface area is 193 Å². The molecule has 1 saturated heterocycles. The molecule has 3 fully saturated rings. The van der Waals surface area contributed by atoms with Crippen molar-refractivity contribution < 1.29 is 39.4 Å². The number of aliphatic hydroxyl groups excluding tert-OH is 4. The molecule has 3 aliphatic rings. The highest BCUT2D eigenvalue weighted by atomic mass is 16.7. The Morgan fingerprint density at radius 3 is 2.39 bits per heavy atom. The molecule has 0 radical (unpaired) electrons. The molecule has 1 unspecified atom stereocenters. The molecule has 2 aliphatic carbocycles. The van der Waals surface area contributed by atoms with Gasteiger partial charge in [-0.1, -0.05) is 32.9 Å². The van der Waals surface area contributed by atoms with Crippen LogP contribution in [0.3, 0.4) is 0 Å². The van der Waals surface area contributed by atoms with E-state index >= 15 is 0 Å². The lowest BCUT2D eigenvalue weighted by molar-refractivity contribution is -0.277. The fraction of sp³-hybridized carbons (Fsp3) is 0.640. The fourth-order valence-corrected chi connectivity index (χ4v) is 5.61. The van der Waals surface area contributed by atoms with Crippen LogP contribution in [0.1, 0.15) is 45.6 Å². The van der Waals surface area contributed by atoms with Crippen molar-refractivity contribution in [2.24, 2.45) is 16.7 Å². The van der Waals surface area contributed by atoms with Gasteiger partial charge in [-0.2, -0.15) is 0 Å². The van der Waals surface area contributed by atoms with E-state index in [2.05, 4.69) is 20.8 Å². The van der Waals surface area contributed by atoms with Crippen LogP contribution in [-0.4, -0.2) is 69.8 Å². The Morgan fingerprint density at radius 2 is 1.82 bits per heavy atom. The van der Waals surface area contributed by atoms with Crippen LogP contribution in [-0.2, 0) is 14.3 Å². The molecule has 8 nitrogen and oxygen atoms in total. The molecule has 2 saturated carbocycles. The van der Waals surface area contributed by atoms with Gasteiger partial charge in [0.05, 0.1) is 6.61 Å². The molecule has 1 aliphatic heterocycles. The van der Waals surface area contributed by atoms with Crippen LogP contribution < -0.4 is 4.74 Å². The van der Waals surface area contributed by atoms with Crippen molar-refractivity contribution in [3.05, 3.63) is 35.9 Å².